The zero-order valence-corrected chi connectivity index (χ0v) is 18.6. The molecule has 1 aromatic heterocycles. The smallest absolute Gasteiger partial charge is 0.254 e. The minimum atomic E-state index is 0.0366. The highest BCUT2D eigenvalue weighted by atomic mass is 16.5. The average molecular weight is 417 g/mol. The third-order valence-corrected chi connectivity index (χ3v) is 5.86. The van der Waals surface area contributed by atoms with E-state index < -0.39 is 0 Å². The minimum Gasteiger partial charge on any atom is -0.497 e. The van der Waals surface area contributed by atoms with Crippen molar-refractivity contribution in [2.45, 2.75) is 20.8 Å². The van der Waals surface area contributed by atoms with Gasteiger partial charge in [-0.3, -0.25) is 4.79 Å². The van der Waals surface area contributed by atoms with Gasteiger partial charge in [-0.2, -0.15) is 0 Å². The van der Waals surface area contributed by atoms with E-state index in [0.29, 0.717) is 24.4 Å². The highest BCUT2D eigenvalue weighted by Crippen LogP contribution is 2.26. The van der Waals surface area contributed by atoms with Gasteiger partial charge in [-0.1, -0.05) is 35.9 Å². The number of ether oxygens (including phenoxy) is 1. The second-order valence-electron chi connectivity index (χ2n) is 7.96. The van der Waals surface area contributed by atoms with E-state index in [9.17, 15) is 4.79 Å². The van der Waals surface area contributed by atoms with E-state index in [0.717, 1.165) is 41.6 Å². The van der Waals surface area contributed by atoms with Gasteiger partial charge in [0.2, 0.25) is 0 Å². The largest absolute Gasteiger partial charge is 0.497 e. The molecule has 6 heteroatoms. The van der Waals surface area contributed by atoms with Crippen molar-refractivity contribution < 1.29 is 9.53 Å². The van der Waals surface area contributed by atoms with Gasteiger partial charge in [0.1, 0.15) is 11.6 Å². The van der Waals surface area contributed by atoms with E-state index in [1.807, 2.05) is 30.0 Å². The zero-order chi connectivity index (χ0) is 22.0. The Labute approximate surface area is 183 Å². The lowest BCUT2D eigenvalue weighted by atomic mass is 10.1. The van der Waals surface area contributed by atoms with E-state index in [1.54, 1.807) is 13.2 Å². The van der Waals surface area contributed by atoms with E-state index in [1.165, 1.54) is 5.56 Å². The molecule has 1 aliphatic heterocycles. The van der Waals surface area contributed by atoms with Gasteiger partial charge in [-0.25, -0.2) is 9.97 Å². The standard InChI is InChI=1S/C25H28N4O2/c1-17-8-10-20(11-9-17)23-26-19(3)18(2)24(27-23)28-12-14-29(15-13-28)25(30)21-6-5-7-22(16-21)31-4/h5-11,16H,12-15H2,1-4H3. The number of methoxy groups -OCH3 is 1. The van der Waals surface area contributed by atoms with Crippen molar-refractivity contribution in [3.8, 4) is 17.1 Å². The Hall–Kier alpha value is -3.41. The van der Waals surface area contributed by atoms with Crippen LogP contribution in [0.15, 0.2) is 48.5 Å². The number of carbonyl (C=O) groups is 1. The van der Waals surface area contributed by atoms with Gasteiger partial charge in [0.05, 0.1) is 7.11 Å². The number of benzene rings is 2. The molecule has 0 unspecified atom stereocenters. The van der Waals surface area contributed by atoms with Crippen molar-refractivity contribution in [1.29, 1.82) is 0 Å². The third kappa shape index (κ3) is 4.38. The molecule has 1 amide bonds. The van der Waals surface area contributed by atoms with Crippen molar-refractivity contribution in [3.63, 3.8) is 0 Å². The molecule has 6 nitrogen and oxygen atoms in total. The minimum absolute atomic E-state index is 0.0366. The molecule has 0 bridgehead atoms. The Bertz CT molecular complexity index is 1090. The summed E-state index contributed by atoms with van der Waals surface area (Å²) in [6.45, 7) is 8.94. The molecule has 1 aliphatic rings. The number of aromatic nitrogens is 2. The summed E-state index contributed by atoms with van der Waals surface area (Å²) in [5.41, 5.74) is 4.95. The summed E-state index contributed by atoms with van der Waals surface area (Å²) in [5, 5.41) is 0. The summed E-state index contributed by atoms with van der Waals surface area (Å²) < 4.78 is 5.25. The van der Waals surface area contributed by atoms with Crippen molar-refractivity contribution in [1.82, 2.24) is 14.9 Å². The lowest BCUT2D eigenvalue weighted by Crippen LogP contribution is -2.49. The molecule has 0 spiro atoms. The van der Waals surface area contributed by atoms with Gasteiger partial charge in [0, 0.05) is 48.6 Å². The second-order valence-corrected chi connectivity index (χ2v) is 7.96. The molecule has 4 rings (SSSR count). The monoisotopic (exact) mass is 416 g/mol. The number of carbonyl (C=O) groups excluding carboxylic acids is 1. The number of amides is 1. The van der Waals surface area contributed by atoms with Crippen LogP contribution >= 0.6 is 0 Å². The highest BCUT2D eigenvalue weighted by molar-refractivity contribution is 5.94. The predicted octanol–water partition coefficient (Wildman–Crippen LogP) is 4.04. The van der Waals surface area contributed by atoms with Crippen LogP contribution in [0, 0.1) is 20.8 Å². The van der Waals surface area contributed by atoms with Crippen LogP contribution in [0.4, 0.5) is 5.82 Å². The fraction of sp³-hybridized carbons (Fsp3) is 0.320. The number of anilines is 1. The first kappa shape index (κ1) is 20.8. The molecule has 2 aromatic carbocycles. The molecule has 2 heterocycles. The Kier molecular flexibility index (Phi) is 5.89. The SMILES string of the molecule is COc1cccc(C(=O)N2CCN(c3nc(-c4ccc(C)cc4)nc(C)c3C)CC2)c1. The first-order valence-corrected chi connectivity index (χ1v) is 10.6. The molecule has 1 saturated heterocycles. The van der Waals surface area contributed by atoms with Gasteiger partial charge >= 0.3 is 0 Å². The number of rotatable bonds is 4. The van der Waals surface area contributed by atoms with Crippen LogP contribution in [0.3, 0.4) is 0 Å². The molecule has 0 atom stereocenters. The fourth-order valence-corrected chi connectivity index (χ4v) is 3.81. The molecule has 3 aromatic rings. The van der Waals surface area contributed by atoms with E-state index in [-0.39, 0.29) is 5.91 Å². The van der Waals surface area contributed by atoms with Gasteiger partial charge in [-0.15, -0.1) is 0 Å². The summed E-state index contributed by atoms with van der Waals surface area (Å²) in [6.07, 6.45) is 0. The molecule has 0 N–H and O–H groups in total. The Morgan fingerprint density at radius 1 is 0.935 bits per heavy atom. The molecular weight excluding hydrogens is 388 g/mol. The molecule has 0 aliphatic carbocycles. The maximum absolute atomic E-state index is 12.9. The van der Waals surface area contributed by atoms with Crippen LogP contribution in [0.2, 0.25) is 0 Å². The van der Waals surface area contributed by atoms with Crippen LogP contribution in [-0.4, -0.2) is 54.1 Å². The second kappa shape index (κ2) is 8.76. The zero-order valence-electron chi connectivity index (χ0n) is 18.6. The van der Waals surface area contributed by atoms with Crippen LogP contribution in [0.25, 0.3) is 11.4 Å². The maximum Gasteiger partial charge on any atom is 0.254 e. The maximum atomic E-state index is 12.9. The molecule has 1 fully saturated rings. The van der Waals surface area contributed by atoms with E-state index in [4.69, 9.17) is 14.7 Å². The topological polar surface area (TPSA) is 58.6 Å². The van der Waals surface area contributed by atoms with Crippen molar-refractivity contribution in [2.75, 3.05) is 38.2 Å². The molecule has 0 saturated carbocycles. The Morgan fingerprint density at radius 2 is 1.65 bits per heavy atom. The molecule has 31 heavy (non-hydrogen) atoms. The third-order valence-electron chi connectivity index (χ3n) is 5.86. The average Bonchev–Trinajstić information content (AvgIpc) is 2.81. The van der Waals surface area contributed by atoms with E-state index in [2.05, 4.69) is 43.0 Å². The first-order chi connectivity index (χ1) is 15.0. The number of hydrogen-bond acceptors (Lipinski definition) is 5. The predicted molar refractivity (Wildman–Crippen MR) is 123 cm³/mol. The Morgan fingerprint density at radius 3 is 2.32 bits per heavy atom. The van der Waals surface area contributed by atoms with Gasteiger partial charge < -0.3 is 14.5 Å². The Balaban J connectivity index is 1.52. The molecular formula is C25H28N4O2. The van der Waals surface area contributed by atoms with Crippen LogP contribution in [0.1, 0.15) is 27.2 Å². The molecule has 160 valence electrons. The highest BCUT2D eigenvalue weighted by Gasteiger charge is 2.25. The van der Waals surface area contributed by atoms with Crippen LogP contribution in [0.5, 0.6) is 5.75 Å². The number of hydrogen-bond donors (Lipinski definition) is 0. The normalized spacial score (nSPS) is 13.9. The number of piperazine rings is 1. The quantitative estimate of drug-likeness (QED) is 0.642. The lowest BCUT2D eigenvalue weighted by Gasteiger charge is -2.36. The van der Waals surface area contributed by atoms with Gasteiger partial charge in [0.15, 0.2) is 5.82 Å². The van der Waals surface area contributed by atoms with Crippen molar-refractivity contribution in [3.05, 3.63) is 70.9 Å². The van der Waals surface area contributed by atoms with Crippen molar-refractivity contribution >= 4 is 11.7 Å². The van der Waals surface area contributed by atoms with E-state index >= 15 is 0 Å². The summed E-state index contributed by atoms with van der Waals surface area (Å²) in [7, 11) is 1.61. The number of aryl methyl sites for hydroxylation is 2. The first-order valence-electron chi connectivity index (χ1n) is 10.6. The van der Waals surface area contributed by atoms with Crippen LogP contribution in [-0.2, 0) is 0 Å². The summed E-state index contributed by atoms with van der Waals surface area (Å²) in [4.78, 5) is 26.7. The fourth-order valence-electron chi connectivity index (χ4n) is 3.81. The van der Waals surface area contributed by atoms with Crippen LogP contribution < -0.4 is 9.64 Å². The van der Waals surface area contributed by atoms with Crippen molar-refractivity contribution in [2.24, 2.45) is 0 Å². The lowest BCUT2D eigenvalue weighted by molar-refractivity contribution is 0.0746. The summed E-state index contributed by atoms with van der Waals surface area (Å²) >= 11 is 0. The van der Waals surface area contributed by atoms with Gasteiger partial charge in [-0.05, 0) is 39.0 Å². The summed E-state index contributed by atoms with van der Waals surface area (Å²) in [5.74, 6) is 2.43. The number of nitrogens with zero attached hydrogens (tertiary/aromatic N) is 4. The van der Waals surface area contributed by atoms with Gasteiger partial charge in [0.25, 0.3) is 5.91 Å². The summed E-state index contributed by atoms with van der Waals surface area (Å²) in [6, 6.07) is 15.6. The molecule has 0 radical (unpaired) electrons.